The Morgan fingerprint density at radius 3 is 2.80 bits per heavy atom. The Labute approximate surface area is 95.1 Å². The van der Waals surface area contributed by atoms with Crippen LogP contribution in [0.25, 0.3) is 0 Å². The molecule has 0 bridgehead atoms. The maximum Gasteiger partial charge on any atom is 0.137 e. The molecule has 3 heteroatoms. The highest BCUT2D eigenvalue weighted by atomic mass is 35.5. The molecule has 0 aromatic heterocycles. The third-order valence-electron chi connectivity index (χ3n) is 3.05. The standard InChI is InChI=1S/C12H16ClNO/c13-11-10-4-2-1-3-8(10)7-9(5-6-14)12(11)15/h7,15H,1-6,14H2. The summed E-state index contributed by atoms with van der Waals surface area (Å²) in [6.07, 6.45) is 5.15. The lowest BCUT2D eigenvalue weighted by atomic mass is 9.89. The molecular formula is C12H16ClNO. The molecule has 0 spiro atoms. The van der Waals surface area contributed by atoms with Crippen molar-refractivity contribution in [3.63, 3.8) is 0 Å². The molecule has 2 rings (SSSR count). The number of fused-ring (bicyclic) bond motifs is 1. The fourth-order valence-electron chi connectivity index (χ4n) is 2.25. The van der Waals surface area contributed by atoms with Crippen molar-refractivity contribution in [2.24, 2.45) is 5.73 Å². The fourth-order valence-corrected chi connectivity index (χ4v) is 2.58. The first-order valence-electron chi connectivity index (χ1n) is 5.46. The molecule has 0 saturated carbocycles. The van der Waals surface area contributed by atoms with Crippen molar-refractivity contribution in [1.29, 1.82) is 0 Å². The van der Waals surface area contributed by atoms with E-state index in [4.69, 9.17) is 17.3 Å². The lowest BCUT2D eigenvalue weighted by molar-refractivity contribution is 0.466. The van der Waals surface area contributed by atoms with Crippen LogP contribution in [-0.2, 0) is 19.3 Å². The van der Waals surface area contributed by atoms with Crippen molar-refractivity contribution < 1.29 is 5.11 Å². The third kappa shape index (κ3) is 1.97. The van der Waals surface area contributed by atoms with Crippen molar-refractivity contribution in [1.82, 2.24) is 0 Å². The van der Waals surface area contributed by atoms with Crippen LogP contribution < -0.4 is 5.73 Å². The number of hydrogen-bond acceptors (Lipinski definition) is 2. The average Bonchev–Trinajstić information content (AvgIpc) is 2.26. The zero-order valence-corrected chi connectivity index (χ0v) is 9.48. The van der Waals surface area contributed by atoms with Crippen LogP contribution in [0.2, 0.25) is 5.02 Å². The Balaban J connectivity index is 2.47. The largest absolute Gasteiger partial charge is 0.506 e. The van der Waals surface area contributed by atoms with Gasteiger partial charge < -0.3 is 10.8 Å². The monoisotopic (exact) mass is 225 g/mol. The highest BCUT2D eigenvalue weighted by Gasteiger charge is 2.18. The molecule has 0 saturated heterocycles. The van der Waals surface area contributed by atoms with Gasteiger partial charge in [-0.25, -0.2) is 0 Å². The van der Waals surface area contributed by atoms with E-state index < -0.39 is 0 Å². The molecule has 0 atom stereocenters. The van der Waals surface area contributed by atoms with Gasteiger partial charge in [-0.05, 0) is 55.3 Å². The van der Waals surface area contributed by atoms with Crippen molar-refractivity contribution >= 4 is 11.6 Å². The van der Waals surface area contributed by atoms with Crippen molar-refractivity contribution in [2.45, 2.75) is 32.1 Å². The number of aromatic hydroxyl groups is 1. The molecule has 1 aromatic rings. The van der Waals surface area contributed by atoms with Gasteiger partial charge >= 0.3 is 0 Å². The summed E-state index contributed by atoms with van der Waals surface area (Å²) < 4.78 is 0. The van der Waals surface area contributed by atoms with E-state index >= 15 is 0 Å². The molecule has 0 aliphatic heterocycles. The summed E-state index contributed by atoms with van der Waals surface area (Å²) in [6.45, 7) is 0.544. The zero-order chi connectivity index (χ0) is 10.8. The Morgan fingerprint density at radius 2 is 2.07 bits per heavy atom. The van der Waals surface area contributed by atoms with Gasteiger partial charge in [-0.15, -0.1) is 0 Å². The van der Waals surface area contributed by atoms with Crippen LogP contribution in [0.15, 0.2) is 6.07 Å². The van der Waals surface area contributed by atoms with Crippen LogP contribution in [0.5, 0.6) is 5.75 Å². The van der Waals surface area contributed by atoms with Crippen LogP contribution >= 0.6 is 11.6 Å². The van der Waals surface area contributed by atoms with Gasteiger partial charge in [0.1, 0.15) is 5.75 Å². The predicted molar refractivity (Wildman–Crippen MR) is 62.5 cm³/mol. The normalized spacial score (nSPS) is 15.1. The number of benzene rings is 1. The van der Waals surface area contributed by atoms with Gasteiger partial charge in [0.15, 0.2) is 0 Å². The number of hydrogen-bond donors (Lipinski definition) is 2. The van der Waals surface area contributed by atoms with Crippen LogP contribution in [0.1, 0.15) is 29.5 Å². The molecule has 15 heavy (non-hydrogen) atoms. The number of aryl methyl sites for hydroxylation is 1. The van der Waals surface area contributed by atoms with E-state index in [9.17, 15) is 5.11 Å². The Hall–Kier alpha value is -0.730. The Morgan fingerprint density at radius 1 is 1.33 bits per heavy atom. The second kappa shape index (κ2) is 4.42. The van der Waals surface area contributed by atoms with Crippen molar-refractivity contribution in [3.8, 4) is 5.75 Å². The summed E-state index contributed by atoms with van der Waals surface area (Å²) in [5, 5.41) is 10.4. The molecular weight excluding hydrogens is 210 g/mol. The van der Waals surface area contributed by atoms with Crippen molar-refractivity contribution in [2.75, 3.05) is 6.54 Å². The minimum Gasteiger partial charge on any atom is -0.506 e. The van der Waals surface area contributed by atoms with Gasteiger partial charge in [0.05, 0.1) is 5.02 Å². The van der Waals surface area contributed by atoms with Gasteiger partial charge in [0, 0.05) is 0 Å². The minimum absolute atomic E-state index is 0.239. The maximum absolute atomic E-state index is 9.90. The van der Waals surface area contributed by atoms with Gasteiger partial charge in [-0.1, -0.05) is 17.7 Å². The van der Waals surface area contributed by atoms with Gasteiger partial charge in [-0.2, -0.15) is 0 Å². The van der Waals surface area contributed by atoms with E-state index in [1.165, 1.54) is 18.4 Å². The molecule has 1 aliphatic rings. The summed E-state index contributed by atoms with van der Waals surface area (Å²) >= 11 is 6.16. The van der Waals surface area contributed by atoms with Crippen molar-refractivity contribution in [3.05, 3.63) is 27.8 Å². The lowest BCUT2D eigenvalue weighted by Crippen LogP contribution is -2.08. The second-order valence-electron chi connectivity index (χ2n) is 4.08. The molecule has 0 unspecified atom stereocenters. The molecule has 2 nitrogen and oxygen atoms in total. The third-order valence-corrected chi connectivity index (χ3v) is 3.46. The van der Waals surface area contributed by atoms with E-state index in [1.807, 2.05) is 0 Å². The summed E-state index contributed by atoms with van der Waals surface area (Å²) in [4.78, 5) is 0. The smallest absolute Gasteiger partial charge is 0.137 e. The number of phenols is 1. The topological polar surface area (TPSA) is 46.2 Å². The summed E-state index contributed by atoms with van der Waals surface area (Å²) in [7, 11) is 0. The lowest BCUT2D eigenvalue weighted by Gasteiger charge is -2.19. The number of rotatable bonds is 2. The summed E-state index contributed by atoms with van der Waals surface area (Å²) in [6, 6.07) is 2.07. The molecule has 0 amide bonds. The van der Waals surface area contributed by atoms with Crippen LogP contribution in [0.4, 0.5) is 0 Å². The average molecular weight is 226 g/mol. The quantitative estimate of drug-likeness (QED) is 0.812. The van der Waals surface area contributed by atoms with E-state index in [-0.39, 0.29) is 5.75 Å². The van der Waals surface area contributed by atoms with E-state index in [0.29, 0.717) is 18.0 Å². The summed E-state index contributed by atoms with van der Waals surface area (Å²) in [5.41, 5.74) is 8.83. The van der Waals surface area contributed by atoms with E-state index in [0.717, 1.165) is 24.0 Å². The molecule has 1 aromatic carbocycles. The van der Waals surface area contributed by atoms with Crippen LogP contribution in [-0.4, -0.2) is 11.7 Å². The van der Waals surface area contributed by atoms with Gasteiger partial charge in [-0.3, -0.25) is 0 Å². The number of nitrogens with two attached hydrogens (primary N) is 1. The van der Waals surface area contributed by atoms with Gasteiger partial charge in [0.25, 0.3) is 0 Å². The van der Waals surface area contributed by atoms with E-state index in [1.54, 1.807) is 0 Å². The predicted octanol–water partition coefficient (Wildman–Crippen LogP) is 2.43. The van der Waals surface area contributed by atoms with Gasteiger partial charge in [0.2, 0.25) is 0 Å². The first-order chi connectivity index (χ1) is 7.24. The highest BCUT2D eigenvalue weighted by molar-refractivity contribution is 6.33. The zero-order valence-electron chi connectivity index (χ0n) is 8.72. The summed E-state index contributed by atoms with van der Waals surface area (Å²) in [5.74, 6) is 0.239. The first kappa shape index (κ1) is 10.8. The molecule has 0 radical (unpaired) electrons. The number of halogens is 1. The molecule has 0 fully saturated rings. The highest BCUT2D eigenvalue weighted by Crippen LogP contribution is 2.37. The van der Waals surface area contributed by atoms with Crippen LogP contribution in [0, 0.1) is 0 Å². The molecule has 82 valence electrons. The molecule has 1 aliphatic carbocycles. The fraction of sp³-hybridized carbons (Fsp3) is 0.500. The molecule has 3 N–H and O–H groups in total. The van der Waals surface area contributed by atoms with Crippen LogP contribution in [0.3, 0.4) is 0 Å². The minimum atomic E-state index is 0.239. The second-order valence-corrected chi connectivity index (χ2v) is 4.46. The SMILES string of the molecule is NCCc1cc2c(c(Cl)c1O)CCCC2. The Bertz CT molecular complexity index is 376. The Kier molecular flexibility index (Phi) is 3.17. The maximum atomic E-state index is 9.90. The number of phenolic OH excluding ortho intramolecular Hbond substituents is 1. The van der Waals surface area contributed by atoms with E-state index in [2.05, 4.69) is 6.07 Å². The first-order valence-corrected chi connectivity index (χ1v) is 5.84. The molecule has 0 heterocycles.